The van der Waals surface area contributed by atoms with Crippen LogP contribution in [0.1, 0.15) is 29.6 Å². The van der Waals surface area contributed by atoms with E-state index in [0.29, 0.717) is 11.6 Å². The first-order valence-electron chi connectivity index (χ1n) is 7.21. The van der Waals surface area contributed by atoms with E-state index in [1.807, 2.05) is 31.3 Å². The molecule has 0 spiro atoms. The van der Waals surface area contributed by atoms with E-state index in [9.17, 15) is 4.79 Å². The van der Waals surface area contributed by atoms with Gasteiger partial charge in [0.05, 0.1) is 5.56 Å². The van der Waals surface area contributed by atoms with E-state index in [-0.39, 0.29) is 5.91 Å². The number of carbonyl (C=O) groups is 1. The van der Waals surface area contributed by atoms with Crippen molar-refractivity contribution in [2.24, 2.45) is 0 Å². The molecule has 4 nitrogen and oxygen atoms in total. The molecule has 20 heavy (non-hydrogen) atoms. The maximum absolute atomic E-state index is 12.5. The maximum atomic E-state index is 12.5. The Morgan fingerprint density at radius 2 is 2.25 bits per heavy atom. The van der Waals surface area contributed by atoms with Crippen LogP contribution >= 0.6 is 0 Å². The van der Waals surface area contributed by atoms with Gasteiger partial charge in [0.15, 0.2) is 0 Å². The van der Waals surface area contributed by atoms with Crippen molar-refractivity contribution in [2.75, 3.05) is 20.1 Å². The number of hydrogen-bond donors (Lipinski definition) is 1. The van der Waals surface area contributed by atoms with Gasteiger partial charge in [0.1, 0.15) is 11.8 Å². The molecule has 0 saturated carbocycles. The Morgan fingerprint density at radius 1 is 1.40 bits per heavy atom. The molecule has 1 saturated heterocycles. The van der Waals surface area contributed by atoms with Gasteiger partial charge in [-0.1, -0.05) is 24.6 Å². The van der Waals surface area contributed by atoms with Crippen LogP contribution in [0.2, 0.25) is 0 Å². The smallest absolute Gasteiger partial charge is 0.257 e. The van der Waals surface area contributed by atoms with Crippen molar-refractivity contribution in [2.45, 2.75) is 25.3 Å². The highest BCUT2D eigenvalue weighted by Crippen LogP contribution is 2.22. The highest BCUT2D eigenvalue weighted by Gasteiger charge is 2.21. The number of benzene rings is 1. The first kappa shape index (κ1) is 13.2. The molecule has 3 rings (SSSR count). The minimum absolute atomic E-state index is 0.0299. The average molecular weight is 272 g/mol. The topological polar surface area (TPSA) is 45.5 Å². The zero-order valence-corrected chi connectivity index (χ0v) is 11.8. The lowest BCUT2D eigenvalue weighted by molar-refractivity contribution is 0.0776. The third-order valence-electron chi connectivity index (χ3n) is 3.96. The summed E-state index contributed by atoms with van der Waals surface area (Å²) in [6, 6.07) is 8.07. The fourth-order valence-electron chi connectivity index (χ4n) is 2.84. The molecule has 1 fully saturated rings. The molecule has 1 N–H and O–H groups in total. The van der Waals surface area contributed by atoms with E-state index in [4.69, 9.17) is 4.42 Å². The number of fused-ring (bicyclic) bond motifs is 1. The number of likely N-dealkylation sites (N-methyl/N-ethyl adjacent to an activating group) is 1. The van der Waals surface area contributed by atoms with Crippen molar-refractivity contribution in [3.05, 3.63) is 36.1 Å². The Bertz CT molecular complexity index is 599. The number of piperidine rings is 1. The van der Waals surface area contributed by atoms with E-state index in [0.717, 1.165) is 30.5 Å². The summed E-state index contributed by atoms with van der Waals surface area (Å²) in [5, 5.41) is 4.36. The van der Waals surface area contributed by atoms with Crippen molar-refractivity contribution in [1.29, 1.82) is 0 Å². The molecule has 1 amide bonds. The zero-order valence-electron chi connectivity index (χ0n) is 11.8. The van der Waals surface area contributed by atoms with Gasteiger partial charge >= 0.3 is 0 Å². The molecule has 106 valence electrons. The summed E-state index contributed by atoms with van der Waals surface area (Å²) in [7, 11) is 1.86. The number of nitrogens with one attached hydrogen (secondary N) is 1. The molecule has 1 unspecified atom stereocenters. The highest BCUT2D eigenvalue weighted by atomic mass is 16.3. The van der Waals surface area contributed by atoms with Crippen molar-refractivity contribution in [1.82, 2.24) is 10.2 Å². The van der Waals surface area contributed by atoms with Crippen LogP contribution in [-0.2, 0) is 0 Å². The minimum Gasteiger partial charge on any atom is -0.463 e. The van der Waals surface area contributed by atoms with E-state index < -0.39 is 0 Å². The number of amides is 1. The molecule has 4 heteroatoms. The number of nitrogens with zero attached hydrogens (tertiary/aromatic N) is 1. The third-order valence-corrected chi connectivity index (χ3v) is 3.96. The molecule has 1 aliphatic heterocycles. The molecular weight excluding hydrogens is 252 g/mol. The number of hydrogen-bond acceptors (Lipinski definition) is 3. The summed E-state index contributed by atoms with van der Waals surface area (Å²) in [5.41, 5.74) is 1.42. The van der Waals surface area contributed by atoms with Crippen LogP contribution in [0.4, 0.5) is 0 Å². The van der Waals surface area contributed by atoms with Crippen molar-refractivity contribution < 1.29 is 9.21 Å². The number of para-hydroxylation sites is 1. The summed E-state index contributed by atoms with van der Waals surface area (Å²) < 4.78 is 5.45. The second-order valence-electron chi connectivity index (χ2n) is 5.48. The maximum Gasteiger partial charge on any atom is 0.257 e. The van der Waals surface area contributed by atoms with Gasteiger partial charge in [0, 0.05) is 25.0 Å². The van der Waals surface area contributed by atoms with Gasteiger partial charge < -0.3 is 14.6 Å². The lowest BCUT2D eigenvalue weighted by Gasteiger charge is -2.28. The van der Waals surface area contributed by atoms with Crippen LogP contribution in [0.15, 0.2) is 34.9 Å². The molecule has 1 aromatic carbocycles. The van der Waals surface area contributed by atoms with Crippen molar-refractivity contribution in [3.8, 4) is 0 Å². The van der Waals surface area contributed by atoms with Crippen molar-refractivity contribution in [3.63, 3.8) is 0 Å². The third kappa shape index (κ3) is 2.56. The average Bonchev–Trinajstić information content (AvgIpc) is 2.91. The van der Waals surface area contributed by atoms with Crippen LogP contribution < -0.4 is 5.32 Å². The van der Waals surface area contributed by atoms with E-state index in [1.165, 1.54) is 12.8 Å². The summed E-state index contributed by atoms with van der Waals surface area (Å²) >= 11 is 0. The number of rotatable bonds is 3. The predicted octanol–water partition coefficient (Wildman–Crippen LogP) is 2.65. The van der Waals surface area contributed by atoms with Gasteiger partial charge in [0.25, 0.3) is 5.91 Å². The second-order valence-corrected chi connectivity index (χ2v) is 5.48. The Labute approximate surface area is 118 Å². The monoisotopic (exact) mass is 272 g/mol. The van der Waals surface area contributed by atoms with Crippen LogP contribution in [0.25, 0.3) is 11.0 Å². The van der Waals surface area contributed by atoms with Gasteiger partial charge in [-0.2, -0.15) is 0 Å². The fourth-order valence-corrected chi connectivity index (χ4v) is 2.84. The Kier molecular flexibility index (Phi) is 3.74. The van der Waals surface area contributed by atoms with Gasteiger partial charge in [-0.3, -0.25) is 4.79 Å². The molecule has 1 aromatic heterocycles. The van der Waals surface area contributed by atoms with E-state index in [1.54, 1.807) is 11.2 Å². The minimum atomic E-state index is 0.0299. The van der Waals surface area contributed by atoms with Crippen LogP contribution in [0.5, 0.6) is 0 Å². The lowest BCUT2D eigenvalue weighted by Crippen LogP contribution is -2.44. The quantitative estimate of drug-likeness (QED) is 0.934. The summed E-state index contributed by atoms with van der Waals surface area (Å²) in [5.74, 6) is 0.0299. The molecule has 2 aromatic rings. The fraction of sp³-hybridized carbons (Fsp3) is 0.438. The van der Waals surface area contributed by atoms with Crippen LogP contribution in [0.3, 0.4) is 0 Å². The molecule has 0 aliphatic carbocycles. The van der Waals surface area contributed by atoms with Gasteiger partial charge in [-0.05, 0) is 25.5 Å². The molecule has 0 bridgehead atoms. The molecule has 0 radical (unpaired) electrons. The first-order valence-corrected chi connectivity index (χ1v) is 7.21. The standard InChI is InChI=1S/C16H20N2O2/c1-18(10-12-6-4-5-9-17-12)16(19)14-11-20-15-8-3-2-7-13(14)15/h2-3,7-8,11-12,17H,4-6,9-10H2,1H3. The molecule has 1 atom stereocenters. The first-order chi connectivity index (χ1) is 9.75. The number of carbonyl (C=O) groups excluding carboxylic acids is 1. The molecule has 1 aliphatic rings. The SMILES string of the molecule is CN(CC1CCCCN1)C(=O)c1coc2ccccc12. The largest absolute Gasteiger partial charge is 0.463 e. The Balaban J connectivity index is 1.74. The summed E-state index contributed by atoms with van der Waals surface area (Å²) in [6.07, 6.45) is 5.19. The highest BCUT2D eigenvalue weighted by molar-refractivity contribution is 6.05. The van der Waals surface area contributed by atoms with E-state index in [2.05, 4.69) is 5.32 Å². The predicted molar refractivity (Wildman–Crippen MR) is 78.8 cm³/mol. The normalized spacial score (nSPS) is 19.1. The second kappa shape index (κ2) is 5.67. The number of furan rings is 1. The van der Waals surface area contributed by atoms with E-state index >= 15 is 0 Å². The Hall–Kier alpha value is -1.81. The van der Waals surface area contributed by atoms with Crippen LogP contribution in [-0.4, -0.2) is 37.0 Å². The van der Waals surface area contributed by atoms with Crippen LogP contribution in [0, 0.1) is 0 Å². The molecular formula is C16H20N2O2. The summed E-state index contributed by atoms with van der Waals surface area (Å²) in [4.78, 5) is 14.3. The van der Waals surface area contributed by atoms with Gasteiger partial charge in [0.2, 0.25) is 0 Å². The van der Waals surface area contributed by atoms with Gasteiger partial charge in [-0.25, -0.2) is 0 Å². The van der Waals surface area contributed by atoms with Crippen molar-refractivity contribution >= 4 is 16.9 Å². The molecule has 2 heterocycles. The zero-order chi connectivity index (χ0) is 13.9. The Morgan fingerprint density at radius 3 is 3.05 bits per heavy atom. The lowest BCUT2D eigenvalue weighted by atomic mass is 10.0. The van der Waals surface area contributed by atoms with Gasteiger partial charge in [-0.15, -0.1) is 0 Å². The summed E-state index contributed by atoms with van der Waals surface area (Å²) in [6.45, 7) is 1.81.